The van der Waals surface area contributed by atoms with Crippen molar-refractivity contribution in [3.8, 4) is 5.75 Å². The van der Waals surface area contributed by atoms with E-state index in [1.54, 1.807) is 60.4 Å². The van der Waals surface area contributed by atoms with E-state index in [0.29, 0.717) is 28.9 Å². The molecule has 0 saturated carbocycles. The number of benzene rings is 4. The summed E-state index contributed by atoms with van der Waals surface area (Å²) in [6.07, 6.45) is 0.983. The van der Waals surface area contributed by atoms with Crippen LogP contribution in [0.15, 0.2) is 119 Å². The summed E-state index contributed by atoms with van der Waals surface area (Å²) in [4.78, 5) is 5.40. The number of anilines is 1. The van der Waals surface area contributed by atoms with Crippen LogP contribution in [0.2, 0.25) is 0 Å². The Kier molecular flexibility index (Phi) is 8.64. The predicted octanol–water partition coefficient (Wildman–Crippen LogP) is 6.57. The molecule has 43 heavy (non-hydrogen) atoms. The van der Waals surface area contributed by atoms with Gasteiger partial charge < -0.3 is 19.7 Å². The third-order valence-corrected chi connectivity index (χ3v) is 9.74. The smallest absolute Gasteiger partial charge is 0.264 e. The first-order valence-corrected chi connectivity index (χ1v) is 16.2. The van der Waals surface area contributed by atoms with Crippen molar-refractivity contribution in [3.05, 3.63) is 126 Å². The molecule has 0 bridgehead atoms. The SMILES string of the molecule is O=S(=O)(Nc1cccc(C2O[C@H](CSc3ccc(O)cc3)C[C@H](c3ccc(CO)cc3)O2)c1)c1cccc2cccnc12. The van der Waals surface area contributed by atoms with Gasteiger partial charge in [0.05, 0.1) is 24.3 Å². The van der Waals surface area contributed by atoms with Gasteiger partial charge >= 0.3 is 0 Å². The molecule has 5 aromatic rings. The number of aliphatic hydroxyl groups excluding tert-OH is 1. The van der Waals surface area contributed by atoms with E-state index in [4.69, 9.17) is 9.47 Å². The second kappa shape index (κ2) is 12.7. The highest BCUT2D eigenvalue weighted by molar-refractivity contribution is 7.99. The minimum atomic E-state index is -3.94. The number of phenols is 1. The molecular weight excluding hydrogens is 585 g/mol. The van der Waals surface area contributed by atoms with Crippen LogP contribution in [0.1, 0.15) is 35.5 Å². The summed E-state index contributed by atoms with van der Waals surface area (Å²) in [5.74, 6) is 0.862. The van der Waals surface area contributed by atoms with Crippen molar-refractivity contribution in [2.45, 2.75) is 41.3 Å². The first-order chi connectivity index (χ1) is 20.9. The standard InChI is InChI=1S/C33H30N2O6S2/c36-20-22-9-11-23(12-10-22)30-19-28(21-42-29-15-13-27(37)14-16-29)40-33(41-30)25-5-1-7-26(18-25)35-43(38,39)31-8-2-4-24-6-3-17-34-32(24)31/h1-18,28,30,33,35-37H,19-21H2/t28-,30+,33?/m0/s1. The zero-order valence-electron chi connectivity index (χ0n) is 23.0. The molecule has 1 aliphatic heterocycles. The summed E-state index contributed by atoms with van der Waals surface area (Å²) in [5.41, 5.74) is 3.23. The van der Waals surface area contributed by atoms with Crippen molar-refractivity contribution in [2.24, 2.45) is 0 Å². The number of aromatic nitrogens is 1. The lowest BCUT2D eigenvalue weighted by atomic mass is 10.0. The van der Waals surface area contributed by atoms with E-state index in [1.165, 1.54) is 6.07 Å². The predicted molar refractivity (Wildman–Crippen MR) is 166 cm³/mol. The molecule has 0 aliphatic carbocycles. The number of sulfonamides is 1. The van der Waals surface area contributed by atoms with E-state index in [1.807, 2.05) is 54.6 Å². The number of ether oxygens (including phenoxy) is 2. The fraction of sp³-hybridized carbons (Fsp3) is 0.182. The summed E-state index contributed by atoms with van der Waals surface area (Å²) < 4.78 is 42.4. The van der Waals surface area contributed by atoms with E-state index in [0.717, 1.165) is 21.4 Å². The van der Waals surface area contributed by atoms with Crippen molar-refractivity contribution in [1.29, 1.82) is 0 Å². The van der Waals surface area contributed by atoms with Crippen molar-refractivity contribution >= 4 is 38.4 Å². The number of hydrogen-bond donors (Lipinski definition) is 3. The van der Waals surface area contributed by atoms with Crippen LogP contribution < -0.4 is 4.72 Å². The zero-order valence-corrected chi connectivity index (χ0v) is 24.7. The normalized spacial score (nSPS) is 18.9. The molecule has 1 aromatic heterocycles. The number of hydrogen-bond acceptors (Lipinski definition) is 8. The first kappa shape index (κ1) is 29.2. The number of thioether (sulfide) groups is 1. The van der Waals surface area contributed by atoms with Crippen LogP contribution in [0.3, 0.4) is 0 Å². The van der Waals surface area contributed by atoms with Gasteiger partial charge in [-0.25, -0.2) is 8.42 Å². The van der Waals surface area contributed by atoms with Gasteiger partial charge in [-0.2, -0.15) is 0 Å². The van der Waals surface area contributed by atoms with Crippen LogP contribution in [0.4, 0.5) is 5.69 Å². The van der Waals surface area contributed by atoms with Gasteiger partial charge in [0.15, 0.2) is 6.29 Å². The van der Waals surface area contributed by atoms with Crippen LogP contribution in [0.5, 0.6) is 5.75 Å². The molecule has 2 heterocycles. The van der Waals surface area contributed by atoms with Gasteiger partial charge in [0.1, 0.15) is 10.6 Å². The lowest BCUT2D eigenvalue weighted by Gasteiger charge is -2.36. The second-order valence-corrected chi connectivity index (χ2v) is 13.0. The third-order valence-electron chi connectivity index (χ3n) is 7.18. The maximum absolute atomic E-state index is 13.4. The number of pyridine rings is 1. The van der Waals surface area contributed by atoms with Crippen molar-refractivity contribution < 1.29 is 28.1 Å². The van der Waals surface area contributed by atoms with Crippen molar-refractivity contribution in [2.75, 3.05) is 10.5 Å². The molecule has 0 radical (unpaired) electrons. The highest BCUT2D eigenvalue weighted by atomic mass is 32.2. The minimum Gasteiger partial charge on any atom is -0.508 e. The lowest BCUT2D eigenvalue weighted by molar-refractivity contribution is -0.245. The highest BCUT2D eigenvalue weighted by Gasteiger charge is 2.32. The average Bonchev–Trinajstić information content (AvgIpc) is 3.04. The quantitative estimate of drug-likeness (QED) is 0.160. The number of rotatable bonds is 9. The zero-order chi connectivity index (χ0) is 29.8. The van der Waals surface area contributed by atoms with E-state index in [-0.39, 0.29) is 29.5 Å². The number of phenolic OH excluding ortho intramolecular Hbond substituents is 1. The Bertz CT molecular complexity index is 1810. The molecular formula is C33H30N2O6S2. The third kappa shape index (κ3) is 6.84. The van der Waals surface area contributed by atoms with Gasteiger partial charge in [0, 0.05) is 39.9 Å². The summed E-state index contributed by atoms with van der Waals surface area (Å²) in [6, 6.07) is 30.4. The van der Waals surface area contributed by atoms with Gasteiger partial charge in [-0.3, -0.25) is 9.71 Å². The highest BCUT2D eigenvalue weighted by Crippen LogP contribution is 2.40. The Morgan fingerprint density at radius 2 is 1.65 bits per heavy atom. The average molecular weight is 615 g/mol. The molecule has 0 amide bonds. The van der Waals surface area contributed by atoms with Gasteiger partial charge in [0.25, 0.3) is 10.0 Å². The molecule has 3 N–H and O–H groups in total. The van der Waals surface area contributed by atoms with Crippen molar-refractivity contribution in [1.82, 2.24) is 4.98 Å². The molecule has 1 aliphatic rings. The Morgan fingerprint density at radius 3 is 2.44 bits per heavy atom. The Morgan fingerprint density at radius 1 is 0.884 bits per heavy atom. The molecule has 1 saturated heterocycles. The molecule has 1 unspecified atom stereocenters. The number of aliphatic hydroxyl groups is 1. The van der Waals surface area contributed by atoms with E-state index in [2.05, 4.69) is 9.71 Å². The lowest BCUT2D eigenvalue weighted by Crippen LogP contribution is -2.31. The van der Waals surface area contributed by atoms with Crippen molar-refractivity contribution in [3.63, 3.8) is 0 Å². The Balaban J connectivity index is 1.25. The maximum atomic E-state index is 13.4. The number of aromatic hydroxyl groups is 1. The molecule has 1 fully saturated rings. The fourth-order valence-electron chi connectivity index (χ4n) is 5.01. The van der Waals surface area contributed by atoms with Gasteiger partial charge in [-0.15, -0.1) is 11.8 Å². The number of para-hydroxylation sites is 1. The van der Waals surface area contributed by atoms with E-state index in [9.17, 15) is 18.6 Å². The molecule has 10 heteroatoms. The Hall–Kier alpha value is -3.93. The van der Waals surface area contributed by atoms with Gasteiger partial charge in [-0.1, -0.05) is 54.6 Å². The number of nitrogens with one attached hydrogen (secondary N) is 1. The Labute approximate surface area is 254 Å². The van der Waals surface area contributed by atoms with Crippen LogP contribution in [0, 0.1) is 0 Å². The molecule has 3 atom stereocenters. The monoisotopic (exact) mass is 614 g/mol. The van der Waals surface area contributed by atoms with E-state index < -0.39 is 16.3 Å². The number of fused-ring (bicyclic) bond motifs is 1. The van der Waals surface area contributed by atoms with Gasteiger partial charge in [-0.05, 0) is 59.7 Å². The fourth-order valence-corrected chi connectivity index (χ4v) is 7.16. The summed E-state index contributed by atoms with van der Waals surface area (Å²) in [6.45, 7) is -0.0407. The van der Waals surface area contributed by atoms with Crippen LogP contribution in [0.25, 0.3) is 10.9 Å². The molecule has 0 spiro atoms. The molecule has 4 aromatic carbocycles. The maximum Gasteiger partial charge on any atom is 0.264 e. The largest absolute Gasteiger partial charge is 0.508 e. The second-order valence-electron chi connectivity index (χ2n) is 10.2. The molecule has 8 nitrogen and oxygen atoms in total. The molecule has 220 valence electrons. The summed E-state index contributed by atoms with van der Waals surface area (Å²) in [5, 5.41) is 19.8. The summed E-state index contributed by atoms with van der Waals surface area (Å²) in [7, 11) is -3.94. The first-order valence-electron chi connectivity index (χ1n) is 13.8. The summed E-state index contributed by atoms with van der Waals surface area (Å²) >= 11 is 1.62. The van der Waals surface area contributed by atoms with Gasteiger partial charge in [0.2, 0.25) is 0 Å². The topological polar surface area (TPSA) is 118 Å². The molecule has 6 rings (SSSR count). The van der Waals surface area contributed by atoms with E-state index >= 15 is 0 Å². The minimum absolute atomic E-state index is 0.0407. The van der Waals surface area contributed by atoms with Crippen LogP contribution in [-0.4, -0.2) is 35.5 Å². The number of nitrogens with zero attached hydrogens (tertiary/aromatic N) is 1. The van der Waals surface area contributed by atoms with Crippen LogP contribution in [-0.2, 0) is 26.1 Å². The van der Waals surface area contributed by atoms with Crippen LogP contribution >= 0.6 is 11.8 Å².